The first-order valence-electron chi connectivity index (χ1n) is 9.16. The first-order chi connectivity index (χ1) is 14.2. The Balaban J connectivity index is 1.59. The van der Waals surface area contributed by atoms with Crippen molar-refractivity contribution in [1.82, 2.24) is 29.7 Å². The Hall–Kier alpha value is -2.05. The van der Waals surface area contributed by atoms with Gasteiger partial charge in [0, 0.05) is 28.9 Å². The maximum absolute atomic E-state index is 6.10. The van der Waals surface area contributed by atoms with E-state index in [2.05, 4.69) is 38.0 Å². The number of nitrogens with zero attached hydrogens (tertiary/aromatic N) is 6. The number of ether oxygens (including phenoxy) is 1. The molecule has 0 unspecified atom stereocenters. The zero-order valence-corrected chi connectivity index (χ0v) is 18.2. The molecule has 11 heteroatoms. The quantitative estimate of drug-likeness (QED) is 0.370. The molecule has 0 amide bonds. The minimum atomic E-state index is 0.614. The molecule has 29 heavy (non-hydrogen) atoms. The normalized spacial score (nSPS) is 15.3. The predicted molar refractivity (Wildman–Crippen MR) is 116 cm³/mol. The van der Waals surface area contributed by atoms with Crippen LogP contribution in [0.1, 0.15) is 11.6 Å². The van der Waals surface area contributed by atoms with E-state index in [9.17, 15) is 0 Å². The number of hydrogen-bond acceptors (Lipinski definition) is 10. The second kappa shape index (κ2) is 8.00. The Kier molecular flexibility index (Phi) is 5.22. The lowest BCUT2D eigenvalue weighted by Gasteiger charge is -2.25. The molecule has 0 bridgehead atoms. The molecule has 150 valence electrons. The third-order valence-electron chi connectivity index (χ3n) is 4.72. The number of nitrogens with two attached hydrogens (primary N) is 1. The SMILES string of the molecule is Cc1nnc(Sc2nc(CN3CCOCC3)nc3scc(-c4cccs4)c23)n1N. The fourth-order valence-corrected chi connectivity index (χ4v) is 5.96. The van der Waals surface area contributed by atoms with Crippen LogP contribution in [0, 0.1) is 6.92 Å². The second-order valence-corrected chi connectivity index (χ2v) is 9.40. The first-order valence-corrected chi connectivity index (χ1v) is 11.7. The van der Waals surface area contributed by atoms with Crippen LogP contribution in [-0.2, 0) is 11.3 Å². The van der Waals surface area contributed by atoms with Crippen LogP contribution in [0.25, 0.3) is 20.7 Å². The number of rotatable bonds is 5. The zero-order chi connectivity index (χ0) is 19.8. The highest BCUT2D eigenvalue weighted by Crippen LogP contribution is 2.41. The number of nitrogen functional groups attached to an aromatic ring is 1. The standard InChI is InChI=1S/C18H19N7OS3/c1-11-22-23-18(25(11)19)29-17-15-12(13-3-2-8-27-13)10-28-16(15)20-14(21-17)9-24-4-6-26-7-5-24/h2-3,8,10H,4-7,9,19H2,1H3. The van der Waals surface area contributed by atoms with Gasteiger partial charge in [-0.2, -0.15) is 0 Å². The molecule has 5 heterocycles. The molecule has 0 spiro atoms. The second-order valence-electron chi connectivity index (χ2n) is 6.64. The van der Waals surface area contributed by atoms with E-state index in [1.54, 1.807) is 22.7 Å². The molecule has 8 nitrogen and oxygen atoms in total. The molecular weight excluding hydrogens is 426 g/mol. The van der Waals surface area contributed by atoms with Gasteiger partial charge in [-0.25, -0.2) is 14.6 Å². The van der Waals surface area contributed by atoms with Crippen molar-refractivity contribution in [1.29, 1.82) is 0 Å². The number of hydrogen-bond donors (Lipinski definition) is 1. The molecule has 4 aromatic heterocycles. The third kappa shape index (κ3) is 3.76. The molecule has 1 fully saturated rings. The highest BCUT2D eigenvalue weighted by atomic mass is 32.2. The topological polar surface area (TPSA) is 95.0 Å². The van der Waals surface area contributed by atoms with Crippen LogP contribution in [-0.4, -0.2) is 56.0 Å². The van der Waals surface area contributed by atoms with Gasteiger partial charge in [-0.1, -0.05) is 6.07 Å². The molecule has 1 aliphatic rings. The summed E-state index contributed by atoms with van der Waals surface area (Å²) in [6.45, 7) is 5.82. The van der Waals surface area contributed by atoms with Crippen molar-refractivity contribution < 1.29 is 4.74 Å². The first kappa shape index (κ1) is 18.9. The van der Waals surface area contributed by atoms with E-state index in [4.69, 9.17) is 20.5 Å². The van der Waals surface area contributed by atoms with Gasteiger partial charge in [-0.15, -0.1) is 32.9 Å². The number of fused-ring (bicyclic) bond motifs is 1. The molecule has 0 aliphatic carbocycles. The molecular formula is C18H19N7OS3. The van der Waals surface area contributed by atoms with Gasteiger partial charge >= 0.3 is 0 Å². The molecule has 0 atom stereocenters. The molecule has 4 aromatic rings. The maximum atomic E-state index is 6.10. The van der Waals surface area contributed by atoms with Crippen LogP contribution >= 0.6 is 34.4 Å². The lowest BCUT2D eigenvalue weighted by molar-refractivity contribution is 0.0330. The summed E-state index contributed by atoms with van der Waals surface area (Å²) in [5, 5.41) is 15.1. The lowest BCUT2D eigenvalue weighted by Crippen LogP contribution is -2.36. The summed E-state index contributed by atoms with van der Waals surface area (Å²) in [5.74, 6) is 7.57. The average molecular weight is 446 g/mol. The van der Waals surface area contributed by atoms with Crippen LogP contribution in [0.2, 0.25) is 0 Å². The van der Waals surface area contributed by atoms with Crippen molar-refractivity contribution in [3.8, 4) is 10.4 Å². The Bertz CT molecular complexity index is 1130. The lowest BCUT2D eigenvalue weighted by atomic mass is 10.2. The van der Waals surface area contributed by atoms with Gasteiger partial charge in [0.25, 0.3) is 0 Å². The monoisotopic (exact) mass is 445 g/mol. The van der Waals surface area contributed by atoms with Crippen LogP contribution in [0.15, 0.2) is 33.1 Å². The highest BCUT2D eigenvalue weighted by Gasteiger charge is 2.21. The van der Waals surface area contributed by atoms with E-state index in [0.29, 0.717) is 17.5 Å². The Morgan fingerprint density at radius 3 is 2.79 bits per heavy atom. The van der Waals surface area contributed by atoms with Gasteiger partial charge in [-0.3, -0.25) is 4.90 Å². The maximum Gasteiger partial charge on any atom is 0.216 e. The predicted octanol–water partition coefficient (Wildman–Crippen LogP) is 3.02. The fourth-order valence-electron chi connectivity index (χ4n) is 3.17. The van der Waals surface area contributed by atoms with Crippen molar-refractivity contribution in [3.05, 3.63) is 34.5 Å². The van der Waals surface area contributed by atoms with Crippen molar-refractivity contribution in [2.24, 2.45) is 0 Å². The van der Waals surface area contributed by atoms with Gasteiger partial charge in [0.2, 0.25) is 5.16 Å². The average Bonchev–Trinajstić information content (AvgIpc) is 3.46. The summed E-state index contributed by atoms with van der Waals surface area (Å²) in [6.07, 6.45) is 0. The smallest absolute Gasteiger partial charge is 0.216 e. The molecule has 5 rings (SSSR count). The van der Waals surface area contributed by atoms with E-state index < -0.39 is 0 Å². The van der Waals surface area contributed by atoms with Gasteiger partial charge in [0.05, 0.1) is 25.1 Å². The summed E-state index contributed by atoms with van der Waals surface area (Å²) >= 11 is 4.80. The van der Waals surface area contributed by atoms with Crippen molar-refractivity contribution in [3.63, 3.8) is 0 Å². The van der Waals surface area contributed by atoms with Gasteiger partial charge in [-0.05, 0) is 30.1 Å². The van der Waals surface area contributed by atoms with E-state index in [-0.39, 0.29) is 0 Å². The Morgan fingerprint density at radius 1 is 1.21 bits per heavy atom. The minimum absolute atomic E-state index is 0.614. The van der Waals surface area contributed by atoms with Gasteiger partial charge in [0.1, 0.15) is 21.5 Å². The van der Waals surface area contributed by atoms with Crippen LogP contribution in [0.4, 0.5) is 0 Å². The fraction of sp³-hybridized carbons (Fsp3) is 0.333. The number of thiophene rings is 2. The number of morpholine rings is 1. The van der Waals surface area contributed by atoms with Gasteiger partial charge in [0.15, 0.2) is 0 Å². The summed E-state index contributed by atoms with van der Waals surface area (Å²) in [4.78, 5) is 14.3. The Labute approximate surface area is 179 Å². The molecule has 0 saturated carbocycles. The van der Waals surface area contributed by atoms with Crippen LogP contribution in [0.3, 0.4) is 0 Å². The van der Waals surface area contributed by atoms with Crippen LogP contribution in [0.5, 0.6) is 0 Å². The van der Waals surface area contributed by atoms with Crippen molar-refractivity contribution in [2.75, 3.05) is 32.1 Å². The van der Waals surface area contributed by atoms with Crippen molar-refractivity contribution >= 4 is 44.7 Å². The van der Waals surface area contributed by atoms with E-state index in [0.717, 1.165) is 52.9 Å². The van der Waals surface area contributed by atoms with Gasteiger partial charge < -0.3 is 10.6 Å². The minimum Gasteiger partial charge on any atom is -0.379 e. The third-order valence-corrected chi connectivity index (χ3v) is 7.45. The molecule has 0 radical (unpaired) electrons. The summed E-state index contributed by atoms with van der Waals surface area (Å²) in [5.41, 5.74) is 1.15. The van der Waals surface area contributed by atoms with Crippen molar-refractivity contribution in [2.45, 2.75) is 23.7 Å². The number of aromatic nitrogens is 5. The zero-order valence-electron chi connectivity index (χ0n) is 15.7. The number of aryl methyl sites for hydroxylation is 1. The molecule has 1 saturated heterocycles. The van der Waals surface area contributed by atoms with E-state index >= 15 is 0 Å². The largest absolute Gasteiger partial charge is 0.379 e. The summed E-state index contributed by atoms with van der Waals surface area (Å²) in [6, 6.07) is 4.18. The molecule has 1 aliphatic heterocycles. The summed E-state index contributed by atoms with van der Waals surface area (Å²) < 4.78 is 6.95. The van der Waals surface area contributed by atoms with Crippen LogP contribution < -0.4 is 5.84 Å². The molecule has 0 aromatic carbocycles. The Morgan fingerprint density at radius 2 is 2.07 bits per heavy atom. The van der Waals surface area contributed by atoms with E-state index in [1.807, 2.05) is 6.92 Å². The molecule has 2 N–H and O–H groups in total. The highest BCUT2D eigenvalue weighted by molar-refractivity contribution is 7.99. The van der Waals surface area contributed by atoms with E-state index in [1.165, 1.54) is 21.3 Å². The summed E-state index contributed by atoms with van der Waals surface area (Å²) in [7, 11) is 0.